The average Bonchev–Trinajstić information content (AvgIpc) is 2.19. The summed E-state index contributed by atoms with van der Waals surface area (Å²) in [4.78, 5) is 0. The lowest BCUT2D eigenvalue weighted by Gasteiger charge is -2.42. The van der Waals surface area contributed by atoms with Gasteiger partial charge in [-0.2, -0.15) is 0 Å². The molecule has 0 aromatic heterocycles. The van der Waals surface area contributed by atoms with E-state index in [1.807, 2.05) is 0 Å². The summed E-state index contributed by atoms with van der Waals surface area (Å²) in [7, 11) is 0. The lowest BCUT2D eigenvalue weighted by atomic mass is 9.94. The molecule has 84 valence electrons. The zero-order valence-corrected chi connectivity index (χ0v) is 10.0. The minimum atomic E-state index is -0.328. The van der Waals surface area contributed by atoms with E-state index in [0.717, 1.165) is 25.9 Å². The van der Waals surface area contributed by atoms with Gasteiger partial charge in [0.2, 0.25) is 0 Å². The first-order valence-electron chi connectivity index (χ1n) is 5.97. The standard InChI is InChI=1S/C12H24O2/c1-5-8-11-10(6-2)9-13-12(4,7-3)14-11/h10-11H,5-9H2,1-4H3/t10-,11+,12-/m1/s1. The van der Waals surface area contributed by atoms with Crippen LogP contribution in [0.5, 0.6) is 0 Å². The Hall–Kier alpha value is -0.0800. The van der Waals surface area contributed by atoms with E-state index in [0.29, 0.717) is 12.0 Å². The molecular weight excluding hydrogens is 176 g/mol. The normalized spacial score (nSPS) is 38.6. The Morgan fingerprint density at radius 1 is 1.29 bits per heavy atom. The molecule has 1 saturated heterocycles. The molecule has 0 aromatic carbocycles. The summed E-state index contributed by atoms with van der Waals surface area (Å²) in [5.41, 5.74) is 0. The SMILES string of the molecule is CCC[C@@H]1O[C@](C)(CC)OC[C@H]1CC. The number of hydrogen-bond donors (Lipinski definition) is 0. The molecule has 0 spiro atoms. The van der Waals surface area contributed by atoms with Gasteiger partial charge in [-0.15, -0.1) is 0 Å². The van der Waals surface area contributed by atoms with E-state index in [4.69, 9.17) is 9.47 Å². The van der Waals surface area contributed by atoms with Gasteiger partial charge in [0.1, 0.15) is 0 Å². The van der Waals surface area contributed by atoms with Crippen LogP contribution in [0, 0.1) is 5.92 Å². The highest BCUT2D eigenvalue weighted by molar-refractivity contribution is 4.78. The molecular formula is C12H24O2. The molecule has 0 saturated carbocycles. The van der Waals surface area contributed by atoms with Crippen LogP contribution in [0.1, 0.15) is 53.4 Å². The summed E-state index contributed by atoms with van der Waals surface area (Å²) in [5, 5.41) is 0. The maximum Gasteiger partial charge on any atom is 0.165 e. The molecule has 0 radical (unpaired) electrons. The first kappa shape index (κ1) is 12.0. The van der Waals surface area contributed by atoms with Crippen molar-refractivity contribution in [1.29, 1.82) is 0 Å². The van der Waals surface area contributed by atoms with Gasteiger partial charge in [0.15, 0.2) is 5.79 Å². The van der Waals surface area contributed by atoms with Gasteiger partial charge in [-0.3, -0.25) is 0 Å². The van der Waals surface area contributed by atoms with Crippen molar-refractivity contribution >= 4 is 0 Å². The molecule has 0 bridgehead atoms. The first-order chi connectivity index (χ1) is 6.65. The van der Waals surface area contributed by atoms with Crippen LogP contribution in [-0.4, -0.2) is 18.5 Å². The molecule has 1 rings (SSSR count). The van der Waals surface area contributed by atoms with Crippen LogP contribution in [-0.2, 0) is 9.47 Å². The Kier molecular flexibility index (Phi) is 4.39. The summed E-state index contributed by atoms with van der Waals surface area (Å²) in [6.45, 7) is 9.48. The van der Waals surface area contributed by atoms with E-state index in [1.54, 1.807) is 0 Å². The second kappa shape index (κ2) is 5.13. The monoisotopic (exact) mass is 200 g/mol. The second-order valence-electron chi connectivity index (χ2n) is 4.41. The summed E-state index contributed by atoms with van der Waals surface area (Å²) < 4.78 is 11.8. The van der Waals surface area contributed by atoms with Crippen molar-refractivity contribution in [2.45, 2.75) is 65.3 Å². The molecule has 1 aliphatic rings. The van der Waals surface area contributed by atoms with Gasteiger partial charge in [0.05, 0.1) is 12.7 Å². The molecule has 1 aliphatic heterocycles. The Labute approximate surface area is 88.0 Å². The maximum absolute atomic E-state index is 6.04. The Balaban J connectivity index is 2.56. The minimum Gasteiger partial charge on any atom is -0.350 e. The topological polar surface area (TPSA) is 18.5 Å². The maximum atomic E-state index is 6.04. The quantitative estimate of drug-likeness (QED) is 0.693. The van der Waals surface area contributed by atoms with Crippen LogP contribution in [0.15, 0.2) is 0 Å². The van der Waals surface area contributed by atoms with E-state index in [2.05, 4.69) is 27.7 Å². The summed E-state index contributed by atoms with van der Waals surface area (Å²) in [6, 6.07) is 0. The fraction of sp³-hybridized carbons (Fsp3) is 1.00. The molecule has 2 heteroatoms. The van der Waals surface area contributed by atoms with Crippen molar-refractivity contribution in [1.82, 2.24) is 0 Å². The second-order valence-corrected chi connectivity index (χ2v) is 4.41. The van der Waals surface area contributed by atoms with Crippen molar-refractivity contribution in [3.05, 3.63) is 0 Å². The summed E-state index contributed by atoms with van der Waals surface area (Å²) in [5.74, 6) is 0.264. The van der Waals surface area contributed by atoms with E-state index in [-0.39, 0.29) is 5.79 Å². The molecule has 2 nitrogen and oxygen atoms in total. The van der Waals surface area contributed by atoms with Crippen LogP contribution < -0.4 is 0 Å². The van der Waals surface area contributed by atoms with Crippen LogP contribution in [0.2, 0.25) is 0 Å². The molecule has 3 atom stereocenters. The van der Waals surface area contributed by atoms with Gasteiger partial charge >= 0.3 is 0 Å². The van der Waals surface area contributed by atoms with Gasteiger partial charge in [-0.25, -0.2) is 0 Å². The number of ether oxygens (including phenoxy) is 2. The van der Waals surface area contributed by atoms with Crippen molar-refractivity contribution in [2.75, 3.05) is 6.61 Å². The van der Waals surface area contributed by atoms with Crippen LogP contribution in [0.4, 0.5) is 0 Å². The number of rotatable bonds is 4. The minimum absolute atomic E-state index is 0.328. The molecule has 14 heavy (non-hydrogen) atoms. The van der Waals surface area contributed by atoms with Crippen molar-refractivity contribution in [3.8, 4) is 0 Å². The number of hydrogen-bond acceptors (Lipinski definition) is 2. The van der Waals surface area contributed by atoms with Crippen LogP contribution >= 0.6 is 0 Å². The average molecular weight is 200 g/mol. The first-order valence-corrected chi connectivity index (χ1v) is 5.97. The third-order valence-corrected chi connectivity index (χ3v) is 3.27. The third kappa shape index (κ3) is 2.71. The van der Waals surface area contributed by atoms with Gasteiger partial charge in [-0.05, 0) is 26.2 Å². The summed E-state index contributed by atoms with van der Waals surface area (Å²) >= 11 is 0. The van der Waals surface area contributed by atoms with Crippen molar-refractivity contribution < 1.29 is 9.47 Å². The van der Waals surface area contributed by atoms with Gasteiger partial charge in [0.25, 0.3) is 0 Å². The largest absolute Gasteiger partial charge is 0.350 e. The van der Waals surface area contributed by atoms with Gasteiger partial charge in [-0.1, -0.05) is 27.2 Å². The Morgan fingerprint density at radius 2 is 2.00 bits per heavy atom. The Morgan fingerprint density at radius 3 is 2.50 bits per heavy atom. The molecule has 0 unspecified atom stereocenters. The lowest BCUT2D eigenvalue weighted by Crippen LogP contribution is -2.46. The molecule has 0 aromatic rings. The lowest BCUT2D eigenvalue weighted by molar-refractivity contribution is -0.304. The highest BCUT2D eigenvalue weighted by Crippen LogP contribution is 2.32. The van der Waals surface area contributed by atoms with Crippen LogP contribution in [0.25, 0.3) is 0 Å². The molecule has 0 amide bonds. The predicted molar refractivity (Wildman–Crippen MR) is 58.2 cm³/mol. The van der Waals surface area contributed by atoms with Crippen molar-refractivity contribution in [2.24, 2.45) is 5.92 Å². The van der Waals surface area contributed by atoms with Gasteiger partial charge in [0, 0.05) is 5.92 Å². The molecule has 0 aliphatic carbocycles. The van der Waals surface area contributed by atoms with E-state index in [1.165, 1.54) is 6.42 Å². The van der Waals surface area contributed by atoms with E-state index in [9.17, 15) is 0 Å². The fourth-order valence-corrected chi connectivity index (χ4v) is 1.99. The summed E-state index contributed by atoms with van der Waals surface area (Å²) in [6.07, 6.45) is 4.86. The molecule has 1 heterocycles. The fourth-order valence-electron chi connectivity index (χ4n) is 1.99. The zero-order chi connectivity index (χ0) is 10.6. The van der Waals surface area contributed by atoms with E-state index < -0.39 is 0 Å². The van der Waals surface area contributed by atoms with Crippen molar-refractivity contribution in [3.63, 3.8) is 0 Å². The highest BCUT2D eigenvalue weighted by Gasteiger charge is 2.36. The van der Waals surface area contributed by atoms with Crippen LogP contribution in [0.3, 0.4) is 0 Å². The smallest absolute Gasteiger partial charge is 0.165 e. The Bertz CT molecular complexity index is 170. The van der Waals surface area contributed by atoms with Gasteiger partial charge < -0.3 is 9.47 Å². The third-order valence-electron chi connectivity index (χ3n) is 3.27. The zero-order valence-electron chi connectivity index (χ0n) is 10.0. The highest BCUT2D eigenvalue weighted by atomic mass is 16.7. The molecule has 0 N–H and O–H groups in total. The van der Waals surface area contributed by atoms with E-state index >= 15 is 0 Å². The molecule has 1 fully saturated rings. The predicted octanol–water partition coefficient (Wildman–Crippen LogP) is 3.35.